The molecule has 0 spiro atoms. The predicted octanol–water partition coefficient (Wildman–Crippen LogP) is 6.64. The van der Waals surface area contributed by atoms with Crippen molar-refractivity contribution in [2.45, 2.75) is 45.0 Å². The summed E-state index contributed by atoms with van der Waals surface area (Å²) in [5, 5.41) is 1.40. The molecule has 1 aliphatic carbocycles. The first-order chi connectivity index (χ1) is 12.9. The highest BCUT2D eigenvalue weighted by Gasteiger charge is 2.37. The second-order valence-corrected chi connectivity index (χ2v) is 9.15. The zero-order chi connectivity index (χ0) is 19.2. The first-order valence-corrected chi connectivity index (χ1v) is 10.5. The molecule has 1 unspecified atom stereocenters. The summed E-state index contributed by atoms with van der Waals surface area (Å²) in [6.07, 6.45) is 0.819. The van der Waals surface area contributed by atoms with Crippen molar-refractivity contribution in [1.29, 1.82) is 0 Å². The summed E-state index contributed by atoms with van der Waals surface area (Å²) in [5.41, 5.74) is 5.07. The first kappa shape index (κ1) is 18.2. The van der Waals surface area contributed by atoms with Gasteiger partial charge in [0.25, 0.3) is 0 Å². The molecule has 0 aliphatic heterocycles. The quantitative estimate of drug-likeness (QED) is 0.511. The maximum absolute atomic E-state index is 13.2. The van der Waals surface area contributed by atoms with E-state index >= 15 is 0 Å². The summed E-state index contributed by atoms with van der Waals surface area (Å²) in [4.78, 5) is 13.2. The van der Waals surface area contributed by atoms with Crippen LogP contribution in [0.25, 0.3) is 22.2 Å². The van der Waals surface area contributed by atoms with Crippen molar-refractivity contribution in [2.75, 3.05) is 5.75 Å². The number of hydrogen-bond donors (Lipinski definition) is 0. The Hall–Kier alpha value is -2.20. The smallest absolute Gasteiger partial charge is 0.419 e. The minimum atomic E-state index is -0.538. The van der Waals surface area contributed by atoms with Crippen LogP contribution < -0.4 is 0 Å². The Morgan fingerprint density at radius 3 is 2.56 bits per heavy atom. The molecular formula is C23H25NO2S. The summed E-state index contributed by atoms with van der Waals surface area (Å²) in [6, 6.07) is 16.6. The van der Waals surface area contributed by atoms with Crippen LogP contribution in [-0.2, 0) is 4.74 Å². The normalized spacial score (nSPS) is 15.6. The Balaban J connectivity index is 1.99. The number of para-hydroxylation sites is 1. The van der Waals surface area contributed by atoms with Crippen molar-refractivity contribution >= 4 is 28.8 Å². The number of carbonyl (C=O) groups is 1. The van der Waals surface area contributed by atoms with Gasteiger partial charge >= 0.3 is 6.09 Å². The zero-order valence-corrected chi connectivity index (χ0v) is 17.1. The second kappa shape index (κ2) is 6.75. The molecule has 0 saturated carbocycles. The monoisotopic (exact) mass is 379 g/mol. The summed E-state index contributed by atoms with van der Waals surface area (Å²) in [5.74, 6) is 1.09. The molecule has 1 atom stereocenters. The third kappa shape index (κ3) is 3.06. The number of rotatable bonds is 3. The lowest BCUT2D eigenvalue weighted by Crippen LogP contribution is -2.27. The molecule has 0 saturated heterocycles. The standard InChI is InChI=1S/C23H25NO2S/c1-5-14-27-21-16-11-7-6-10-15(16)20-19(21)17-12-8-9-13-18(17)24(20)22(25)26-23(2,3)4/h6-13,21H,5,14H2,1-4H3. The van der Waals surface area contributed by atoms with Crippen LogP contribution in [0.2, 0.25) is 0 Å². The molecule has 1 aromatic heterocycles. The van der Waals surface area contributed by atoms with Gasteiger partial charge in [-0.3, -0.25) is 0 Å². The van der Waals surface area contributed by atoms with Crippen LogP contribution in [0, 0.1) is 0 Å². The van der Waals surface area contributed by atoms with Gasteiger partial charge in [0.15, 0.2) is 0 Å². The van der Waals surface area contributed by atoms with E-state index in [2.05, 4.69) is 31.2 Å². The van der Waals surface area contributed by atoms with Gasteiger partial charge in [0.05, 0.1) is 16.5 Å². The molecule has 0 bridgehead atoms. The third-order valence-electron chi connectivity index (χ3n) is 4.74. The van der Waals surface area contributed by atoms with E-state index in [0.29, 0.717) is 0 Å². The summed E-state index contributed by atoms with van der Waals surface area (Å²) >= 11 is 1.96. The molecule has 1 heterocycles. The maximum Gasteiger partial charge on any atom is 0.419 e. The molecule has 4 rings (SSSR count). The molecular weight excluding hydrogens is 354 g/mol. The van der Waals surface area contributed by atoms with Gasteiger partial charge < -0.3 is 4.74 Å². The van der Waals surface area contributed by atoms with Crippen molar-refractivity contribution in [3.05, 3.63) is 59.7 Å². The second-order valence-electron chi connectivity index (χ2n) is 7.93. The van der Waals surface area contributed by atoms with Crippen molar-refractivity contribution in [3.63, 3.8) is 0 Å². The van der Waals surface area contributed by atoms with Crippen molar-refractivity contribution in [1.82, 2.24) is 4.57 Å². The van der Waals surface area contributed by atoms with Gasteiger partial charge in [-0.2, -0.15) is 0 Å². The molecule has 0 radical (unpaired) electrons. The molecule has 0 fully saturated rings. The average molecular weight is 380 g/mol. The van der Waals surface area contributed by atoms with Gasteiger partial charge in [0.2, 0.25) is 0 Å². The number of nitrogens with zero attached hydrogens (tertiary/aromatic N) is 1. The number of benzene rings is 2. The van der Waals surface area contributed by atoms with E-state index in [0.717, 1.165) is 34.3 Å². The van der Waals surface area contributed by atoms with Crippen molar-refractivity contribution in [2.24, 2.45) is 0 Å². The lowest BCUT2D eigenvalue weighted by Gasteiger charge is -2.21. The van der Waals surface area contributed by atoms with Gasteiger partial charge in [-0.25, -0.2) is 9.36 Å². The molecule has 4 heteroatoms. The highest BCUT2D eigenvalue weighted by atomic mass is 32.2. The van der Waals surface area contributed by atoms with E-state index in [1.807, 2.05) is 56.8 Å². The Labute approximate surface area is 164 Å². The largest absolute Gasteiger partial charge is 0.443 e. The van der Waals surface area contributed by atoms with Gasteiger partial charge in [0, 0.05) is 16.5 Å². The number of aromatic nitrogens is 1. The molecule has 3 nitrogen and oxygen atoms in total. The van der Waals surface area contributed by atoms with Gasteiger partial charge in [0.1, 0.15) is 5.60 Å². The van der Waals surface area contributed by atoms with Gasteiger partial charge in [-0.15, -0.1) is 11.8 Å². The molecule has 0 amide bonds. The van der Waals surface area contributed by atoms with Crippen LogP contribution in [0.4, 0.5) is 4.79 Å². The fourth-order valence-electron chi connectivity index (χ4n) is 3.80. The topological polar surface area (TPSA) is 31.2 Å². The van der Waals surface area contributed by atoms with Gasteiger partial charge in [-0.05, 0) is 44.6 Å². The summed E-state index contributed by atoms with van der Waals surface area (Å²) in [6.45, 7) is 7.93. The third-order valence-corrected chi connectivity index (χ3v) is 6.21. The number of fused-ring (bicyclic) bond motifs is 5. The predicted molar refractivity (Wildman–Crippen MR) is 114 cm³/mol. The SMILES string of the molecule is CCCSC1c2ccccc2-c2c1c1ccccc1n2C(=O)OC(C)(C)C. The minimum Gasteiger partial charge on any atom is -0.443 e. The average Bonchev–Trinajstić information content (AvgIpc) is 3.11. The van der Waals surface area contributed by atoms with E-state index in [-0.39, 0.29) is 11.3 Å². The lowest BCUT2D eigenvalue weighted by atomic mass is 10.1. The van der Waals surface area contributed by atoms with E-state index < -0.39 is 5.60 Å². The Morgan fingerprint density at radius 1 is 1.11 bits per heavy atom. The molecule has 0 N–H and O–H groups in total. The molecule has 140 valence electrons. The van der Waals surface area contributed by atoms with Crippen molar-refractivity contribution < 1.29 is 9.53 Å². The Bertz CT molecular complexity index is 1010. The highest BCUT2D eigenvalue weighted by molar-refractivity contribution is 7.99. The molecule has 1 aliphatic rings. The van der Waals surface area contributed by atoms with E-state index in [9.17, 15) is 4.79 Å². The van der Waals surface area contributed by atoms with Crippen LogP contribution in [0.5, 0.6) is 0 Å². The van der Waals surface area contributed by atoms with Crippen LogP contribution in [0.15, 0.2) is 48.5 Å². The Morgan fingerprint density at radius 2 is 1.81 bits per heavy atom. The summed E-state index contributed by atoms with van der Waals surface area (Å²) in [7, 11) is 0. The van der Waals surface area contributed by atoms with E-state index in [1.54, 1.807) is 4.57 Å². The van der Waals surface area contributed by atoms with Crippen LogP contribution in [-0.4, -0.2) is 22.0 Å². The van der Waals surface area contributed by atoms with E-state index in [4.69, 9.17) is 4.74 Å². The molecule has 27 heavy (non-hydrogen) atoms. The highest BCUT2D eigenvalue weighted by Crippen LogP contribution is 2.54. The summed E-state index contributed by atoms with van der Waals surface area (Å²) < 4.78 is 7.54. The van der Waals surface area contributed by atoms with Gasteiger partial charge in [-0.1, -0.05) is 49.4 Å². The zero-order valence-electron chi connectivity index (χ0n) is 16.3. The Kier molecular flexibility index (Phi) is 4.55. The van der Waals surface area contributed by atoms with E-state index in [1.165, 1.54) is 11.1 Å². The maximum atomic E-state index is 13.2. The number of carbonyl (C=O) groups excluding carboxylic acids is 1. The lowest BCUT2D eigenvalue weighted by molar-refractivity contribution is 0.0547. The van der Waals surface area contributed by atoms with Crippen LogP contribution >= 0.6 is 11.8 Å². The number of ether oxygens (including phenoxy) is 1. The minimum absolute atomic E-state index is 0.254. The fraction of sp³-hybridized carbons (Fsp3) is 0.348. The van der Waals surface area contributed by atoms with Crippen molar-refractivity contribution in [3.8, 4) is 11.3 Å². The number of thioether (sulfide) groups is 1. The first-order valence-electron chi connectivity index (χ1n) is 9.50. The molecule has 2 aromatic carbocycles. The van der Waals surface area contributed by atoms with Crippen LogP contribution in [0.1, 0.15) is 50.5 Å². The number of hydrogen-bond acceptors (Lipinski definition) is 3. The molecule has 3 aromatic rings. The fourth-order valence-corrected chi connectivity index (χ4v) is 5.06. The van der Waals surface area contributed by atoms with Crippen LogP contribution in [0.3, 0.4) is 0 Å².